The highest BCUT2D eigenvalue weighted by Crippen LogP contribution is 2.21. The second-order valence-electron chi connectivity index (χ2n) is 4.13. The van der Waals surface area contributed by atoms with Gasteiger partial charge in [-0.25, -0.2) is 4.98 Å². The number of benzene rings is 1. The summed E-state index contributed by atoms with van der Waals surface area (Å²) >= 11 is 5.89. The lowest BCUT2D eigenvalue weighted by Crippen LogP contribution is -2.08. The lowest BCUT2D eigenvalue weighted by atomic mass is 10.2. The first-order valence-electron chi connectivity index (χ1n) is 6.14. The average molecular weight is 278 g/mol. The number of halogens is 1. The fraction of sp³-hybridized carbons (Fsp3) is 0.286. The van der Waals surface area contributed by atoms with Gasteiger partial charge in [-0.05, 0) is 37.1 Å². The van der Waals surface area contributed by atoms with Gasteiger partial charge in [0.05, 0.1) is 12.8 Å². The third-order valence-electron chi connectivity index (χ3n) is 2.58. The fourth-order valence-electron chi connectivity index (χ4n) is 1.64. The molecule has 0 fully saturated rings. The van der Waals surface area contributed by atoms with E-state index in [0.717, 1.165) is 35.1 Å². The molecule has 0 aliphatic rings. The maximum Gasteiger partial charge on any atom is 0.144 e. The monoisotopic (exact) mass is 277 g/mol. The average Bonchev–Trinajstić information content (AvgIpc) is 2.42. The van der Waals surface area contributed by atoms with Gasteiger partial charge in [0.1, 0.15) is 11.6 Å². The van der Waals surface area contributed by atoms with Crippen molar-refractivity contribution >= 4 is 17.4 Å². The zero-order valence-corrected chi connectivity index (χ0v) is 11.5. The van der Waals surface area contributed by atoms with Crippen LogP contribution in [0.25, 0.3) is 0 Å². The quantitative estimate of drug-likeness (QED) is 0.823. The summed E-state index contributed by atoms with van der Waals surface area (Å²) in [4.78, 5) is 8.11. The van der Waals surface area contributed by atoms with Crippen LogP contribution >= 0.6 is 11.6 Å². The van der Waals surface area contributed by atoms with E-state index >= 15 is 0 Å². The van der Waals surface area contributed by atoms with Crippen LogP contribution in [0.1, 0.15) is 12.0 Å². The Labute approximate surface area is 117 Å². The van der Waals surface area contributed by atoms with Crippen molar-refractivity contribution in [2.75, 3.05) is 18.5 Å². The zero-order chi connectivity index (χ0) is 13.5. The SMILES string of the molecule is Cc1cc(Cl)ccc1OCCCNc1cnccn1. The van der Waals surface area contributed by atoms with Crippen LogP contribution in [0.5, 0.6) is 5.75 Å². The Balaban J connectivity index is 1.69. The van der Waals surface area contributed by atoms with Gasteiger partial charge in [-0.15, -0.1) is 0 Å². The first-order chi connectivity index (χ1) is 9.25. The highest BCUT2D eigenvalue weighted by molar-refractivity contribution is 6.30. The van der Waals surface area contributed by atoms with Gasteiger partial charge in [0.15, 0.2) is 0 Å². The van der Waals surface area contributed by atoms with Crippen LogP contribution in [0.4, 0.5) is 5.82 Å². The van der Waals surface area contributed by atoms with E-state index in [9.17, 15) is 0 Å². The Morgan fingerprint density at radius 3 is 2.95 bits per heavy atom. The maximum absolute atomic E-state index is 5.89. The van der Waals surface area contributed by atoms with Crippen molar-refractivity contribution < 1.29 is 4.74 Å². The Hall–Kier alpha value is -1.81. The van der Waals surface area contributed by atoms with Crippen molar-refractivity contribution in [1.29, 1.82) is 0 Å². The van der Waals surface area contributed by atoms with Crippen molar-refractivity contribution in [3.8, 4) is 5.75 Å². The summed E-state index contributed by atoms with van der Waals surface area (Å²) in [6, 6.07) is 5.63. The molecule has 0 aliphatic carbocycles. The fourth-order valence-corrected chi connectivity index (χ4v) is 1.86. The molecule has 0 saturated carbocycles. The molecule has 2 aromatic rings. The Kier molecular flexibility index (Phi) is 4.98. The number of nitrogens with zero attached hydrogens (tertiary/aromatic N) is 2. The van der Waals surface area contributed by atoms with Crippen molar-refractivity contribution in [2.45, 2.75) is 13.3 Å². The molecule has 0 unspecified atom stereocenters. The molecular formula is C14H16ClN3O. The Bertz CT molecular complexity index is 519. The molecule has 1 heterocycles. The molecule has 5 heteroatoms. The summed E-state index contributed by atoms with van der Waals surface area (Å²) in [6.07, 6.45) is 5.90. The zero-order valence-electron chi connectivity index (χ0n) is 10.8. The van der Waals surface area contributed by atoms with Crippen LogP contribution in [0.3, 0.4) is 0 Å². The lowest BCUT2D eigenvalue weighted by Gasteiger charge is -2.09. The molecule has 1 N–H and O–H groups in total. The van der Waals surface area contributed by atoms with Crippen LogP contribution < -0.4 is 10.1 Å². The second kappa shape index (κ2) is 6.95. The number of rotatable bonds is 6. The van der Waals surface area contributed by atoms with E-state index in [1.807, 2.05) is 25.1 Å². The van der Waals surface area contributed by atoms with Crippen LogP contribution in [-0.2, 0) is 0 Å². The van der Waals surface area contributed by atoms with Crippen LogP contribution in [0.15, 0.2) is 36.8 Å². The van der Waals surface area contributed by atoms with Crippen molar-refractivity contribution in [1.82, 2.24) is 9.97 Å². The van der Waals surface area contributed by atoms with E-state index in [1.165, 1.54) is 0 Å². The number of hydrogen-bond donors (Lipinski definition) is 1. The molecule has 0 saturated heterocycles. The molecular weight excluding hydrogens is 262 g/mol. The van der Waals surface area contributed by atoms with E-state index in [-0.39, 0.29) is 0 Å². The molecule has 0 radical (unpaired) electrons. The van der Waals surface area contributed by atoms with E-state index in [0.29, 0.717) is 6.61 Å². The molecule has 4 nitrogen and oxygen atoms in total. The van der Waals surface area contributed by atoms with Gasteiger partial charge in [0.25, 0.3) is 0 Å². The minimum absolute atomic E-state index is 0.649. The topological polar surface area (TPSA) is 47.0 Å². The number of hydrogen-bond acceptors (Lipinski definition) is 4. The highest BCUT2D eigenvalue weighted by atomic mass is 35.5. The van der Waals surface area contributed by atoms with Gasteiger partial charge in [-0.2, -0.15) is 0 Å². The summed E-state index contributed by atoms with van der Waals surface area (Å²) in [6.45, 7) is 3.43. The van der Waals surface area contributed by atoms with E-state index in [4.69, 9.17) is 16.3 Å². The second-order valence-corrected chi connectivity index (χ2v) is 4.57. The van der Waals surface area contributed by atoms with Crippen LogP contribution in [0, 0.1) is 6.92 Å². The number of aryl methyl sites for hydroxylation is 1. The predicted octanol–water partition coefficient (Wildman–Crippen LogP) is 3.32. The highest BCUT2D eigenvalue weighted by Gasteiger charge is 2.00. The molecule has 0 amide bonds. The molecule has 19 heavy (non-hydrogen) atoms. The Morgan fingerprint density at radius 1 is 1.32 bits per heavy atom. The van der Waals surface area contributed by atoms with Gasteiger partial charge in [0.2, 0.25) is 0 Å². The standard InChI is InChI=1S/C14H16ClN3O/c1-11-9-12(15)3-4-13(11)19-8-2-5-17-14-10-16-6-7-18-14/h3-4,6-7,9-10H,2,5,8H2,1H3,(H,17,18). The third kappa shape index (κ3) is 4.41. The number of anilines is 1. The molecule has 2 rings (SSSR count). The summed E-state index contributed by atoms with van der Waals surface area (Å²) < 4.78 is 5.70. The molecule has 0 spiro atoms. The van der Waals surface area contributed by atoms with E-state index in [2.05, 4.69) is 15.3 Å². The van der Waals surface area contributed by atoms with E-state index < -0.39 is 0 Å². The van der Waals surface area contributed by atoms with Gasteiger partial charge < -0.3 is 10.1 Å². The minimum atomic E-state index is 0.649. The lowest BCUT2D eigenvalue weighted by molar-refractivity contribution is 0.313. The van der Waals surface area contributed by atoms with Crippen LogP contribution in [0.2, 0.25) is 5.02 Å². The van der Waals surface area contributed by atoms with Crippen molar-refractivity contribution in [2.24, 2.45) is 0 Å². The molecule has 0 bridgehead atoms. The molecule has 1 aromatic carbocycles. The third-order valence-corrected chi connectivity index (χ3v) is 2.82. The number of ether oxygens (including phenoxy) is 1. The largest absolute Gasteiger partial charge is 0.493 e. The van der Waals surface area contributed by atoms with Crippen LogP contribution in [-0.4, -0.2) is 23.1 Å². The number of nitrogens with one attached hydrogen (secondary N) is 1. The summed E-state index contributed by atoms with van der Waals surface area (Å²) in [7, 11) is 0. The smallest absolute Gasteiger partial charge is 0.144 e. The minimum Gasteiger partial charge on any atom is -0.493 e. The van der Waals surface area contributed by atoms with Crippen molar-refractivity contribution in [3.05, 3.63) is 47.4 Å². The maximum atomic E-state index is 5.89. The molecule has 0 aliphatic heterocycles. The van der Waals surface area contributed by atoms with Gasteiger partial charge >= 0.3 is 0 Å². The van der Waals surface area contributed by atoms with Gasteiger partial charge in [0, 0.05) is 24.0 Å². The summed E-state index contributed by atoms with van der Waals surface area (Å²) in [5.74, 6) is 1.66. The van der Waals surface area contributed by atoms with Gasteiger partial charge in [-0.3, -0.25) is 4.98 Å². The predicted molar refractivity (Wildman–Crippen MR) is 76.8 cm³/mol. The molecule has 0 atom stereocenters. The first-order valence-corrected chi connectivity index (χ1v) is 6.52. The van der Waals surface area contributed by atoms with Gasteiger partial charge in [-0.1, -0.05) is 11.6 Å². The molecule has 1 aromatic heterocycles. The summed E-state index contributed by atoms with van der Waals surface area (Å²) in [5, 5.41) is 3.91. The number of aromatic nitrogens is 2. The Morgan fingerprint density at radius 2 is 2.21 bits per heavy atom. The summed E-state index contributed by atoms with van der Waals surface area (Å²) in [5.41, 5.74) is 1.05. The molecule has 100 valence electrons. The first kappa shape index (κ1) is 13.6. The van der Waals surface area contributed by atoms with E-state index in [1.54, 1.807) is 18.6 Å². The van der Waals surface area contributed by atoms with Crippen molar-refractivity contribution in [3.63, 3.8) is 0 Å². The normalized spacial score (nSPS) is 10.2.